The fourth-order valence-electron chi connectivity index (χ4n) is 1.62. The first-order valence-corrected chi connectivity index (χ1v) is 7.20. The number of hydrogen-bond donors (Lipinski definition) is 1. The fourth-order valence-corrected chi connectivity index (χ4v) is 2.12. The molecule has 1 amide bonds. The van der Waals surface area contributed by atoms with Gasteiger partial charge in [0.15, 0.2) is 5.75 Å². The van der Waals surface area contributed by atoms with E-state index in [-0.39, 0.29) is 11.9 Å². The van der Waals surface area contributed by atoms with Gasteiger partial charge in [0.05, 0.1) is 16.6 Å². The summed E-state index contributed by atoms with van der Waals surface area (Å²) in [4.78, 5) is 13.4. The Balaban J connectivity index is 2.35. The molecule has 4 nitrogen and oxygen atoms in total. The van der Waals surface area contributed by atoms with E-state index in [1.54, 1.807) is 18.2 Å². The number of halogens is 2. The highest BCUT2D eigenvalue weighted by Gasteiger charge is 2.09. The summed E-state index contributed by atoms with van der Waals surface area (Å²) in [7, 11) is 1.86. The zero-order valence-electron chi connectivity index (χ0n) is 12.0. The lowest BCUT2D eigenvalue weighted by Gasteiger charge is -2.18. The maximum atomic E-state index is 11.6. The lowest BCUT2D eigenvalue weighted by Crippen LogP contribution is -2.39. The Morgan fingerprint density at radius 2 is 1.95 bits per heavy atom. The third-order valence-corrected chi connectivity index (χ3v) is 3.10. The van der Waals surface area contributed by atoms with E-state index < -0.39 is 0 Å². The molecule has 0 aliphatic heterocycles. The number of carbonyl (C=O) groups excluding carboxylic acids is 1. The van der Waals surface area contributed by atoms with E-state index in [0.29, 0.717) is 35.5 Å². The van der Waals surface area contributed by atoms with Gasteiger partial charge in [-0.25, -0.2) is 0 Å². The third-order valence-electron chi connectivity index (χ3n) is 2.50. The van der Waals surface area contributed by atoms with E-state index in [2.05, 4.69) is 5.32 Å². The molecule has 20 heavy (non-hydrogen) atoms. The van der Waals surface area contributed by atoms with Gasteiger partial charge in [-0.15, -0.1) is 0 Å². The number of likely N-dealkylation sites (N-methyl/N-ethyl adjacent to an activating group) is 1. The van der Waals surface area contributed by atoms with Gasteiger partial charge in [0.2, 0.25) is 5.91 Å². The topological polar surface area (TPSA) is 41.6 Å². The molecule has 1 aromatic rings. The minimum Gasteiger partial charge on any atom is -0.489 e. The molecule has 1 aromatic carbocycles. The van der Waals surface area contributed by atoms with Crippen molar-refractivity contribution < 1.29 is 9.53 Å². The molecule has 6 heteroatoms. The van der Waals surface area contributed by atoms with Crippen molar-refractivity contribution in [3.63, 3.8) is 0 Å². The van der Waals surface area contributed by atoms with Crippen LogP contribution in [0.15, 0.2) is 18.2 Å². The molecule has 0 atom stereocenters. The van der Waals surface area contributed by atoms with Crippen LogP contribution in [0.3, 0.4) is 0 Å². The Morgan fingerprint density at radius 1 is 1.35 bits per heavy atom. The molecule has 0 saturated carbocycles. The van der Waals surface area contributed by atoms with Crippen LogP contribution in [0.25, 0.3) is 0 Å². The van der Waals surface area contributed by atoms with Crippen molar-refractivity contribution in [1.29, 1.82) is 0 Å². The molecule has 0 radical (unpaired) electrons. The Bertz CT molecular complexity index is 433. The van der Waals surface area contributed by atoms with E-state index in [1.165, 1.54) is 0 Å². The van der Waals surface area contributed by atoms with Crippen molar-refractivity contribution >= 4 is 29.1 Å². The van der Waals surface area contributed by atoms with Crippen molar-refractivity contribution in [1.82, 2.24) is 10.2 Å². The molecule has 0 saturated heterocycles. The predicted molar refractivity (Wildman–Crippen MR) is 82.7 cm³/mol. The van der Waals surface area contributed by atoms with Crippen molar-refractivity contribution in [3.8, 4) is 5.75 Å². The molecule has 112 valence electrons. The number of carbonyl (C=O) groups is 1. The second-order valence-electron chi connectivity index (χ2n) is 4.86. The van der Waals surface area contributed by atoms with Crippen LogP contribution in [0.1, 0.15) is 13.8 Å². The van der Waals surface area contributed by atoms with Gasteiger partial charge in [-0.3, -0.25) is 9.69 Å². The molecular weight excluding hydrogens is 299 g/mol. The largest absolute Gasteiger partial charge is 0.489 e. The van der Waals surface area contributed by atoms with E-state index in [1.807, 2.05) is 25.8 Å². The van der Waals surface area contributed by atoms with Gasteiger partial charge < -0.3 is 10.1 Å². The molecule has 0 unspecified atom stereocenters. The van der Waals surface area contributed by atoms with Gasteiger partial charge in [-0.2, -0.15) is 0 Å². The van der Waals surface area contributed by atoms with Crippen LogP contribution in [0.4, 0.5) is 0 Å². The minimum atomic E-state index is -0.00160. The second-order valence-corrected chi connectivity index (χ2v) is 5.67. The van der Waals surface area contributed by atoms with Gasteiger partial charge in [-0.05, 0) is 33.0 Å². The number of nitrogens with zero attached hydrogens (tertiary/aromatic N) is 1. The van der Waals surface area contributed by atoms with Crippen LogP contribution in [0.5, 0.6) is 5.75 Å². The molecule has 1 rings (SSSR count). The summed E-state index contributed by atoms with van der Waals surface area (Å²) in [6.45, 7) is 5.21. The highest BCUT2D eigenvalue weighted by atomic mass is 35.5. The number of hydrogen-bond acceptors (Lipinski definition) is 3. The number of benzene rings is 1. The van der Waals surface area contributed by atoms with Crippen molar-refractivity contribution in [3.05, 3.63) is 28.2 Å². The first-order chi connectivity index (χ1) is 9.40. The van der Waals surface area contributed by atoms with Crippen LogP contribution in [0.2, 0.25) is 10.0 Å². The average Bonchev–Trinajstić information content (AvgIpc) is 2.31. The molecule has 0 fully saturated rings. The standard InChI is InChI=1S/C14H20Cl2N2O2/c1-10(2)17-13(19)9-18(3)7-8-20-14-11(15)5-4-6-12(14)16/h4-6,10H,7-9H2,1-3H3,(H,17,19). The number of amides is 1. The van der Waals surface area contributed by atoms with Gasteiger partial charge in [0.25, 0.3) is 0 Å². The maximum Gasteiger partial charge on any atom is 0.234 e. The molecule has 0 aromatic heterocycles. The van der Waals surface area contributed by atoms with Gasteiger partial charge in [-0.1, -0.05) is 29.3 Å². The number of rotatable bonds is 7. The normalized spacial score (nSPS) is 10.9. The van der Waals surface area contributed by atoms with Crippen molar-refractivity contribution in [2.75, 3.05) is 26.7 Å². The highest BCUT2D eigenvalue weighted by molar-refractivity contribution is 6.37. The summed E-state index contributed by atoms with van der Waals surface area (Å²) in [5.74, 6) is 0.481. The van der Waals surface area contributed by atoms with Crippen LogP contribution in [-0.4, -0.2) is 43.6 Å². The molecule has 0 aliphatic carbocycles. The Labute approximate surface area is 130 Å². The Morgan fingerprint density at radius 3 is 2.50 bits per heavy atom. The zero-order valence-corrected chi connectivity index (χ0v) is 13.5. The third kappa shape index (κ3) is 5.99. The molecule has 0 heterocycles. The van der Waals surface area contributed by atoms with E-state index in [9.17, 15) is 4.79 Å². The van der Waals surface area contributed by atoms with Crippen LogP contribution < -0.4 is 10.1 Å². The summed E-state index contributed by atoms with van der Waals surface area (Å²) < 4.78 is 5.56. The fraction of sp³-hybridized carbons (Fsp3) is 0.500. The average molecular weight is 319 g/mol. The summed E-state index contributed by atoms with van der Waals surface area (Å²) in [6, 6.07) is 5.36. The second kappa shape index (κ2) is 8.35. The van der Waals surface area contributed by atoms with Gasteiger partial charge >= 0.3 is 0 Å². The maximum absolute atomic E-state index is 11.6. The quantitative estimate of drug-likeness (QED) is 0.840. The Hall–Kier alpha value is -0.970. The molecule has 0 spiro atoms. The van der Waals surface area contributed by atoms with Gasteiger partial charge in [0, 0.05) is 12.6 Å². The van der Waals surface area contributed by atoms with E-state index in [4.69, 9.17) is 27.9 Å². The highest BCUT2D eigenvalue weighted by Crippen LogP contribution is 2.32. The summed E-state index contributed by atoms with van der Waals surface area (Å²) in [6.07, 6.45) is 0. The molecule has 0 aliphatic rings. The monoisotopic (exact) mass is 318 g/mol. The van der Waals surface area contributed by atoms with Crippen LogP contribution in [-0.2, 0) is 4.79 Å². The first kappa shape index (κ1) is 17.1. The summed E-state index contributed by atoms with van der Waals surface area (Å²) >= 11 is 12.0. The molecule has 0 bridgehead atoms. The van der Waals surface area contributed by atoms with Crippen LogP contribution >= 0.6 is 23.2 Å². The summed E-state index contributed by atoms with van der Waals surface area (Å²) in [5, 5.41) is 3.80. The number of ether oxygens (including phenoxy) is 1. The minimum absolute atomic E-state index is 0.00160. The van der Waals surface area contributed by atoms with Crippen molar-refractivity contribution in [2.45, 2.75) is 19.9 Å². The lowest BCUT2D eigenvalue weighted by atomic mass is 10.3. The van der Waals surface area contributed by atoms with Gasteiger partial charge in [0.1, 0.15) is 6.61 Å². The SMILES string of the molecule is CC(C)NC(=O)CN(C)CCOc1c(Cl)cccc1Cl. The zero-order chi connectivity index (χ0) is 15.1. The molecule has 1 N–H and O–H groups in total. The smallest absolute Gasteiger partial charge is 0.234 e. The number of nitrogens with one attached hydrogen (secondary N) is 1. The summed E-state index contributed by atoms with van der Waals surface area (Å²) in [5.41, 5.74) is 0. The van der Waals surface area contributed by atoms with E-state index >= 15 is 0 Å². The molecular formula is C14H20Cl2N2O2. The van der Waals surface area contributed by atoms with E-state index in [0.717, 1.165) is 0 Å². The lowest BCUT2D eigenvalue weighted by molar-refractivity contribution is -0.122. The van der Waals surface area contributed by atoms with Crippen molar-refractivity contribution in [2.24, 2.45) is 0 Å². The first-order valence-electron chi connectivity index (χ1n) is 6.45. The number of para-hydroxylation sites is 1. The van der Waals surface area contributed by atoms with Crippen LogP contribution in [0, 0.1) is 0 Å². The Kier molecular flexibility index (Phi) is 7.13. The predicted octanol–water partition coefficient (Wildman–Crippen LogP) is 2.83.